The van der Waals surface area contributed by atoms with Crippen molar-refractivity contribution in [1.82, 2.24) is 9.55 Å². The molecule has 0 bridgehead atoms. The van der Waals surface area contributed by atoms with Crippen LogP contribution in [-0.2, 0) is 21.7 Å². The Balaban J connectivity index is 1.09. The average Bonchev–Trinajstić information content (AvgIpc) is 3.95. The molecule has 3 heterocycles. The third-order valence-electron chi connectivity index (χ3n) is 14.4. The van der Waals surface area contributed by atoms with Gasteiger partial charge in [0.15, 0.2) is 0 Å². The average molecular weight is 905 g/mol. The molecular weight excluding hydrogens is 841 g/mol. The van der Waals surface area contributed by atoms with Gasteiger partial charge in [-0.1, -0.05) is 178 Å². The standard InChI is InChI=1S/C64H64N4O/c1-61(2,3)48-27-20-28-51(36-48)67-43-66(42-59(67)64(9,10)47-25-18-13-19-26-47)52-37-50(62(4,5)6)38-54(40-52)69-53-30-31-55-56-35-45(44-21-14-11-15-22-44)29-32-57(56)68(58(55)41-53)60-39-49(33-34-65-60)63(7,8)46-23-16-12-17-24-46/h11-42H,43H2,1-10H3. The second-order valence-electron chi connectivity index (χ2n) is 21.9. The van der Waals surface area contributed by atoms with Gasteiger partial charge in [-0.3, -0.25) is 4.57 Å². The molecule has 5 heteroatoms. The Bertz CT molecular complexity index is 3350. The molecule has 2 aromatic heterocycles. The monoisotopic (exact) mass is 905 g/mol. The smallest absolute Gasteiger partial charge is 0.137 e. The minimum absolute atomic E-state index is 0.0177. The van der Waals surface area contributed by atoms with E-state index in [0.29, 0.717) is 6.67 Å². The molecule has 5 nitrogen and oxygen atoms in total. The van der Waals surface area contributed by atoms with Crippen LogP contribution in [0.4, 0.5) is 11.4 Å². The van der Waals surface area contributed by atoms with E-state index in [0.717, 1.165) is 44.8 Å². The minimum atomic E-state index is -0.282. The first kappa shape index (κ1) is 45.4. The zero-order chi connectivity index (χ0) is 48.3. The van der Waals surface area contributed by atoms with Gasteiger partial charge >= 0.3 is 0 Å². The van der Waals surface area contributed by atoms with Crippen LogP contribution in [0, 0.1) is 0 Å². The van der Waals surface area contributed by atoms with Gasteiger partial charge in [0.05, 0.1) is 17.7 Å². The Kier molecular flexibility index (Phi) is 11.4. The van der Waals surface area contributed by atoms with E-state index in [1.807, 2.05) is 6.20 Å². The van der Waals surface area contributed by atoms with Crippen LogP contribution in [0.3, 0.4) is 0 Å². The highest BCUT2D eigenvalue weighted by molar-refractivity contribution is 6.10. The molecule has 0 aliphatic carbocycles. The number of ether oxygens (including phenoxy) is 1. The molecule has 1 aliphatic rings. The Morgan fingerprint density at radius 2 is 1.07 bits per heavy atom. The van der Waals surface area contributed by atoms with Crippen molar-refractivity contribution in [2.75, 3.05) is 16.5 Å². The highest BCUT2D eigenvalue weighted by atomic mass is 16.5. The molecule has 0 saturated heterocycles. The lowest BCUT2D eigenvalue weighted by molar-refractivity contribution is 0.479. The van der Waals surface area contributed by atoms with E-state index < -0.39 is 0 Å². The summed E-state index contributed by atoms with van der Waals surface area (Å²) in [6.07, 6.45) is 4.31. The van der Waals surface area contributed by atoms with E-state index in [-0.39, 0.29) is 21.7 Å². The summed E-state index contributed by atoms with van der Waals surface area (Å²) in [5.41, 5.74) is 13.6. The van der Waals surface area contributed by atoms with Crippen molar-refractivity contribution in [1.29, 1.82) is 0 Å². The number of fused-ring (bicyclic) bond motifs is 3. The fourth-order valence-electron chi connectivity index (χ4n) is 9.95. The number of hydrogen-bond acceptors (Lipinski definition) is 4. The SMILES string of the molecule is CC(C)(C)c1cc(Oc2ccc3c4cc(-c5ccccc5)ccc4n(-c4cc(C(C)(C)c5ccccc5)ccn4)c3c2)cc(N2C=C(C(C)(C)c3ccccc3)N(c3cccc(C(C)(C)C)c3)C2)c1. The topological polar surface area (TPSA) is 33.5 Å². The zero-order valence-corrected chi connectivity index (χ0v) is 41.9. The zero-order valence-electron chi connectivity index (χ0n) is 41.9. The first-order valence-corrected chi connectivity index (χ1v) is 24.4. The van der Waals surface area contributed by atoms with Crippen molar-refractivity contribution in [2.45, 2.75) is 90.9 Å². The summed E-state index contributed by atoms with van der Waals surface area (Å²) in [6.45, 7) is 23.6. The predicted octanol–water partition coefficient (Wildman–Crippen LogP) is 16.7. The van der Waals surface area contributed by atoms with Gasteiger partial charge < -0.3 is 14.5 Å². The van der Waals surface area contributed by atoms with Gasteiger partial charge in [-0.05, 0) is 110 Å². The van der Waals surface area contributed by atoms with Gasteiger partial charge in [-0.15, -0.1) is 0 Å². The van der Waals surface area contributed by atoms with E-state index in [4.69, 9.17) is 9.72 Å². The van der Waals surface area contributed by atoms with Gasteiger partial charge in [-0.2, -0.15) is 0 Å². The molecule has 0 unspecified atom stereocenters. The molecule has 0 atom stereocenters. The second-order valence-corrected chi connectivity index (χ2v) is 21.9. The van der Waals surface area contributed by atoms with Crippen LogP contribution in [0.25, 0.3) is 38.8 Å². The van der Waals surface area contributed by atoms with E-state index in [1.165, 1.54) is 50.3 Å². The van der Waals surface area contributed by atoms with E-state index in [1.54, 1.807) is 0 Å². The van der Waals surface area contributed by atoms with Gasteiger partial charge in [0.2, 0.25) is 0 Å². The predicted molar refractivity (Wildman–Crippen MR) is 290 cm³/mol. The van der Waals surface area contributed by atoms with Crippen LogP contribution in [0.1, 0.15) is 97.1 Å². The van der Waals surface area contributed by atoms with Gasteiger partial charge in [-0.25, -0.2) is 4.98 Å². The maximum absolute atomic E-state index is 7.07. The normalized spacial score (nSPS) is 13.6. The summed E-state index contributed by atoms with van der Waals surface area (Å²) in [6, 6.07) is 65.8. The number of benzene rings is 7. The fraction of sp³-hybridized carbons (Fsp3) is 0.234. The number of aromatic nitrogens is 2. The molecule has 0 radical (unpaired) electrons. The Labute approximate surface area is 409 Å². The summed E-state index contributed by atoms with van der Waals surface area (Å²) in [5, 5.41) is 2.30. The summed E-state index contributed by atoms with van der Waals surface area (Å²) in [5.74, 6) is 2.42. The summed E-state index contributed by atoms with van der Waals surface area (Å²) < 4.78 is 9.38. The van der Waals surface area contributed by atoms with Crippen molar-refractivity contribution in [3.05, 3.63) is 228 Å². The first-order valence-electron chi connectivity index (χ1n) is 24.4. The highest BCUT2D eigenvalue weighted by Gasteiger charge is 2.36. The lowest BCUT2D eigenvalue weighted by Gasteiger charge is -2.34. The molecule has 0 spiro atoms. The van der Waals surface area contributed by atoms with Crippen LogP contribution in [-0.4, -0.2) is 16.2 Å². The van der Waals surface area contributed by atoms with E-state index >= 15 is 0 Å². The van der Waals surface area contributed by atoms with Crippen LogP contribution in [0.2, 0.25) is 0 Å². The number of allylic oxidation sites excluding steroid dienone is 1. The maximum Gasteiger partial charge on any atom is 0.137 e. The van der Waals surface area contributed by atoms with Gasteiger partial charge in [0.25, 0.3) is 0 Å². The summed E-state index contributed by atoms with van der Waals surface area (Å²) in [4.78, 5) is 9.96. The summed E-state index contributed by atoms with van der Waals surface area (Å²) >= 11 is 0. The molecule has 69 heavy (non-hydrogen) atoms. The number of pyridine rings is 1. The van der Waals surface area contributed by atoms with E-state index in [9.17, 15) is 0 Å². The summed E-state index contributed by atoms with van der Waals surface area (Å²) in [7, 11) is 0. The van der Waals surface area contributed by atoms with E-state index in [2.05, 4.69) is 272 Å². The fourth-order valence-corrected chi connectivity index (χ4v) is 9.95. The van der Waals surface area contributed by atoms with Gasteiger partial charge in [0, 0.05) is 63.2 Å². The Morgan fingerprint density at radius 3 is 1.75 bits per heavy atom. The number of rotatable bonds is 10. The molecule has 0 amide bonds. The quantitative estimate of drug-likeness (QED) is 0.137. The largest absolute Gasteiger partial charge is 0.457 e. The number of nitrogens with zero attached hydrogens (tertiary/aromatic N) is 4. The number of hydrogen-bond donors (Lipinski definition) is 0. The van der Waals surface area contributed by atoms with Crippen LogP contribution >= 0.6 is 0 Å². The van der Waals surface area contributed by atoms with Gasteiger partial charge in [0.1, 0.15) is 17.3 Å². The Hall–Kier alpha value is -7.37. The molecule has 0 fully saturated rings. The van der Waals surface area contributed by atoms with Crippen molar-refractivity contribution >= 4 is 33.2 Å². The molecule has 10 rings (SSSR count). The Morgan fingerprint density at radius 1 is 0.435 bits per heavy atom. The maximum atomic E-state index is 7.07. The third-order valence-corrected chi connectivity index (χ3v) is 14.4. The van der Waals surface area contributed by atoms with Crippen LogP contribution in [0.5, 0.6) is 11.5 Å². The van der Waals surface area contributed by atoms with Crippen molar-refractivity contribution < 1.29 is 4.74 Å². The van der Waals surface area contributed by atoms with Crippen LogP contribution < -0.4 is 14.5 Å². The second kappa shape index (κ2) is 17.3. The van der Waals surface area contributed by atoms with Crippen molar-refractivity contribution in [3.8, 4) is 28.4 Å². The van der Waals surface area contributed by atoms with Crippen molar-refractivity contribution in [3.63, 3.8) is 0 Å². The lowest BCUT2D eigenvalue weighted by Crippen LogP contribution is -2.34. The lowest BCUT2D eigenvalue weighted by atomic mass is 9.78. The molecule has 7 aromatic carbocycles. The molecule has 0 saturated carbocycles. The molecular formula is C64H64N4O. The molecule has 346 valence electrons. The third kappa shape index (κ3) is 8.72. The highest BCUT2D eigenvalue weighted by Crippen LogP contribution is 2.44. The number of anilines is 2. The molecule has 1 aliphatic heterocycles. The molecule has 0 N–H and O–H groups in total. The van der Waals surface area contributed by atoms with Crippen LogP contribution in [0.15, 0.2) is 200 Å². The first-order chi connectivity index (χ1) is 32.9. The minimum Gasteiger partial charge on any atom is -0.457 e. The van der Waals surface area contributed by atoms with Crippen molar-refractivity contribution in [2.24, 2.45) is 0 Å². The molecule has 9 aromatic rings.